The van der Waals surface area contributed by atoms with E-state index in [-0.39, 0.29) is 43.6 Å². The van der Waals surface area contributed by atoms with Crippen LogP contribution in [0.15, 0.2) is 48.5 Å². The molecule has 0 heterocycles. The van der Waals surface area contributed by atoms with Gasteiger partial charge in [-0.05, 0) is 50.5 Å². The van der Waals surface area contributed by atoms with Crippen LogP contribution in [0.3, 0.4) is 0 Å². The van der Waals surface area contributed by atoms with Crippen molar-refractivity contribution in [3.05, 3.63) is 65.5 Å². The number of hydrogen-bond acceptors (Lipinski definition) is 4. The normalized spacial score (nSPS) is 10.9. The Bertz CT molecular complexity index is 941. The number of carbonyl (C=O) groups is 3. The number of ether oxygens (including phenoxy) is 1. The standard InChI is InChI=1S/C24H30FN3O4/c1-24(2,3)32-23(31)26-15-14-22(30)28-20-11-7-5-9-18(20)16-27-21(29)13-12-17-8-4-6-10-19(17)25/h4-11H,12-16H2,1-3H3,(H,26,31)(H,27,29)(H,28,30). The minimum absolute atomic E-state index is 0.0720. The smallest absolute Gasteiger partial charge is 0.407 e. The Hall–Kier alpha value is -3.42. The molecule has 0 radical (unpaired) electrons. The van der Waals surface area contributed by atoms with Gasteiger partial charge in [-0.2, -0.15) is 0 Å². The first-order valence-corrected chi connectivity index (χ1v) is 10.5. The van der Waals surface area contributed by atoms with Crippen molar-refractivity contribution in [1.29, 1.82) is 0 Å². The molecule has 7 nitrogen and oxygen atoms in total. The van der Waals surface area contributed by atoms with Gasteiger partial charge in [-0.1, -0.05) is 36.4 Å². The molecule has 0 fully saturated rings. The highest BCUT2D eigenvalue weighted by molar-refractivity contribution is 5.92. The Morgan fingerprint density at radius 1 is 0.875 bits per heavy atom. The van der Waals surface area contributed by atoms with E-state index in [0.29, 0.717) is 17.7 Å². The molecule has 2 rings (SSSR count). The lowest BCUT2D eigenvalue weighted by molar-refractivity contribution is -0.121. The molecular weight excluding hydrogens is 413 g/mol. The number of alkyl carbamates (subject to hydrolysis) is 1. The summed E-state index contributed by atoms with van der Waals surface area (Å²) in [7, 11) is 0. The summed E-state index contributed by atoms with van der Waals surface area (Å²) < 4.78 is 18.8. The summed E-state index contributed by atoms with van der Waals surface area (Å²) in [6, 6.07) is 13.5. The second-order valence-corrected chi connectivity index (χ2v) is 8.25. The van der Waals surface area contributed by atoms with Crippen LogP contribution in [-0.2, 0) is 27.3 Å². The fraction of sp³-hybridized carbons (Fsp3) is 0.375. The van der Waals surface area contributed by atoms with Crippen LogP contribution in [0.5, 0.6) is 0 Å². The van der Waals surface area contributed by atoms with Gasteiger partial charge in [0.15, 0.2) is 0 Å². The van der Waals surface area contributed by atoms with Crippen LogP contribution in [0.2, 0.25) is 0 Å². The number of nitrogens with one attached hydrogen (secondary N) is 3. The number of hydrogen-bond donors (Lipinski definition) is 3. The molecule has 172 valence electrons. The number of para-hydroxylation sites is 1. The second-order valence-electron chi connectivity index (χ2n) is 8.25. The maximum absolute atomic E-state index is 13.7. The molecular formula is C24H30FN3O4. The van der Waals surface area contributed by atoms with E-state index in [1.165, 1.54) is 6.07 Å². The van der Waals surface area contributed by atoms with E-state index in [4.69, 9.17) is 4.74 Å². The van der Waals surface area contributed by atoms with E-state index >= 15 is 0 Å². The van der Waals surface area contributed by atoms with Crippen LogP contribution in [0.1, 0.15) is 44.7 Å². The fourth-order valence-corrected chi connectivity index (χ4v) is 2.83. The number of halogens is 1. The Morgan fingerprint density at radius 3 is 2.22 bits per heavy atom. The number of anilines is 1. The van der Waals surface area contributed by atoms with Gasteiger partial charge >= 0.3 is 6.09 Å². The van der Waals surface area contributed by atoms with Gasteiger partial charge in [-0.3, -0.25) is 9.59 Å². The first-order valence-electron chi connectivity index (χ1n) is 10.5. The van der Waals surface area contributed by atoms with Crippen LogP contribution in [-0.4, -0.2) is 30.1 Å². The molecule has 3 N–H and O–H groups in total. The summed E-state index contributed by atoms with van der Waals surface area (Å²) in [4.78, 5) is 36.0. The zero-order chi connectivity index (χ0) is 23.6. The molecule has 0 saturated carbocycles. The molecule has 0 atom stereocenters. The van der Waals surface area contributed by atoms with Gasteiger partial charge in [0.1, 0.15) is 11.4 Å². The van der Waals surface area contributed by atoms with Gasteiger partial charge in [0.05, 0.1) is 0 Å². The molecule has 32 heavy (non-hydrogen) atoms. The van der Waals surface area contributed by atoms with Crippen molar-refractivity contribution in [2.45, 2.75) is 52.2 Å². The molecule has 0 unspecified atom stereocenters. The highest BCUT2D eigenvalue weighted by atomic mass is 19.1. The minimum atomic E-state index is -0.606. The largest absolute Gasteiger partial charge is 0.444 e. The first kappa shape index (κ1) is 24.8. The van der Waals surface area contributed by atoms with E-state index in [9.17, 15) is 18.8 Å². The van der Waals surface area contributed by atoms with Crippen LogP contribution in [0.25, 0.3) is 0 Å². The lowest BCUT2D eigenvalue weighted by Crippen LogP contribution is -2.34. The van der Waals surface area contributed by atoms with Crippen molar-refractivity contribution in [1.82, 2.24) is 10.6 Å². The molecule has 0 aliphatic heterocycles. The Morgan fingerprint density at radius 2 is 1.53 bits per heavy atom. The number of aryl methyl sites for hydroxylation is 1. The third kappa shape index (κ3) is 9.16. The lowest BCUT2D eigenvalue weighted by Gasteiger charge is -2.19. The third-order valence-corrected chi connectivity index (χ3v) is 4.37. The summed E-state index contributed by atoms with van der Waals surface area (Å²) in [6.07, 6.45) is -0.0422. The maximum atomic E-state index is 13.7. The Kier molecular flexibility index (Phi) is 9.19. The van der Waals surface area contributed by atoms with Crippen molar-refractivity contribution >= 4 is 23.6 Å². The SMILES string of the molecule is CC(C)(C)OC(=O)NCCC(=O)Nc1ccccc1CNC(=O)CCc1ccccc1F. The quantitative estimate of drug-likeness (QED) is 0.547. The van der Waals surface area contributed by atoms with E-state index < -0.39 is 11.7 Å². The molecule has 0 aliphatic rings. The molecule has 2 aromatic carbocycles. The first-order chi connectivity index (χ1) is 15.1. The molecule has 0 aliphatic carbocycles. The maximum Gasteiger partial charge on any atom is 0.407 e. The van der Waals surface area contributed by atoms with E-state index in [1.807, 2.05) is 0 Å². The number of carbonyl (C=O) groups excluding carboxylic acids is 3. The zero-order valence-electron chi connectivity index (χ0n) is 18.7. The Labute approximate surface area is 187 Å². The molecule has 2 aromatic rings. The minimum Gasteiger partial charge on any atom is -0.444 e. The van der Waals surface area contributed by atoms with Crippen LogP contribution in [0.4, 0.5) is 14.9 Å². The number of benzene rings is 2. The fourth-order valence-electron chi connectivity index (χ4n) is 2.83. The highest BCUT2D eigenvalue weighted by Crippen LogP contribution is 2.15. The predicted molar refractivity (Wildman–Crippen MR) is 120 cm³/mol. The van der Waals surface area contributed by atoms with Crippen LogP contribution in [0, 0.1) is 5.82 Å². The van der Waals surface area contributed by atoms with Gasteiger partial charge < -0.3 is 20.7 Å². The van der Waals surface area contributed by atoms with Crippen molar-refractivity contribution in [3.63, 3.8) is 0 Å². The molecule has 0 spiro atoms. The van der Waals surface area contributed by atoms with Crippen molar-refractivity contribution in [2.75, 3.05) is 11.9 Å². The monoisotopic (exact) mass is 443 g/mol. The summed E-state index contributed by atoms with van der Waals surface area (Å²) in [5.41, 5.74) is 1.20. The van der Waals surface area contributed by atoms with Crippen molar-refractivity contribution in [2.24, 2.45) is 0 Å². The van der Waals surface area contributed by atoms with Crippen LogP contribution >= 0.6 is 0 Å². The van der Waals surface area contributed by atoms with Gasteiger partial charge in [0, 0.05) is 31.6 Å². The summed E-state index contributed by atoms with van der Waals surface area (Å²) in [5.74, 6) is -0.815. The van der Waals surface area contributed by atoms with Crippen molar-refractivity contribution < 1.29 is 23.5 Å². The molecule has 0 bridgehead atoms. The van der Waals surface area contributed by atoms with Gasteiger partial charge in [-0.15, -0.1) is 0 Å². The van der Waals surface area contributed by atoms with Gasteiger partial charge in [-0.25, -0.2) is 9.18 Å². The predicted octanol–water partition coefficient (Wildman–Crippen LogP) is 3.93. The number of amides is 3. The van der Waals surface area contributed by atoms with E-state index in [2.05, 4.69) is 16.0 Å². The highest BCUT2D eigenvalue weighted by Gasteiger charge is 2.16. The molecule has 0 saturated heterocycles. The van der Waals surface area contributed by atoms with Gasteiger partial charge in [0.2, 0.25) is 11.8 Å². The number of rotatable bonds is 9. The second kappa shape index (κ2) is 11.8. The lowest BCUT2D eigenvalue weighted by atomic mass is 10.1. The molecule has 3 amide bonds. The summed E-state index contributed by atoms with van der Waals surface area (Å²) in [6.45, 7) is 5.64. The zero-order valence-corrected chi connectivity index (χ0v) is 18.7. The van der Waals surface area contributed by atoms with E-state index in [0.717, 1.165) is 5.56 Å². The van der Waals surface area contributed by atoms with Gasteiger partial charge in [0.25, 0.3) is 0 Å². The van der Waals surface area contributed by atoms with Crippen molar-refractivity contribution in [3.8, 4) is 0 Å². The third-order valence-electron chi connectivity index (χ3n) is 4.37. The van der Waals surface area contributed by atoms with E-state index in [1.54, 1.807) is 63.2 Å². The summed E-state index contributed by atoms with van der Waals surface area (Å²) in [5, 5.41) is 8.12. The molecule has 8 heteroatoms. The summed E-state index contributed by atoms with van der Waals surface area (Å²) >= 11 is 0. The molecule has 0 aromatic heterocycles. The van der Waals surface area contributed by atoms with Crippen LogP contribution < -0.4 is 16.0 Å². The average Bonchev–Trinajstić information content (AvgIpc) is 2.71. The average molecular weight is 444 g/mol. The topological polar surface area (TPSA) is 96.5 Å². The Balaban J connectivity index is 1.79.